The van der Waals surface area contributed by atoms with Gasteiger partial charge in [-0.25, -0.2) is 18.6 Å². The molecule has 144 valence electrons. The lowest BCUT2D eigenvalue weighted by Gasteiger charge is -2.29. The molecule has 2 aromatic rings. The molecule has 0 radical (unpaired) electrons. The summed E-state index contributed by atoms with van der Waals surface area (Å²) in [6.45, 7) is 3.89. The molecule has 5 rings (SSSR count). The Morgan fingerprint density at radius 1 is 0.704 bits per heavy atom. The van der Waals surface area contributed by atoms with Crippen molar-refractivity contribution >= 4 is 0 Å². The van der Waals surface area contributed by atoms with Gasteiger partial charge in [-0.05, 0) is 24.0 Å². The summed E-state index contributed by atoms with van der Waals surface area (Å²) < 4.78 is 35.3. The van der Waals surface area contributed by atoms with Crippen molar-refractivity contribution in [1.29, 1.82) is 0 Å². The molecule has 2 fully saturated rings. The zero-order valence-corrected chi connectivity index (χ0v) is 16.0. The van der Waals surface area contributed by atoms with Crippen molar-refractivity contribution in [3.63, 3.8) is 0 Å². The number of nitrogens with zero attached hydrogens (tertiary/aromatic N) is 1. The molecule has 2 aromatic carbocycles. The average Bonchev–Trinajstić information content (AvgIpc) is 3.23. The molecule has 2 spiro atoms. The Bertz CT molecular complexity index is 773. The monoisotopic (exact) mass is 389 g/mol. The Hall–Kier alpha value is -1.47. The van der Waals surface area contributed by atoms with Gasteiger partial charge in [0, 0.05) is 24.0 Å². The molecule has 0 bridgehead atoms. The fourth-order valence-corrected chi connectivity index (χ4v) is 5.37. The summed E-state index contributed by atoms with van der Waals surface area (Å²) in [7, 11) is -4.94. The van der Waals surface area contributed by atoms with Crippen LogP contribution in [-0.2, 0) is 13.1 Å². The van der Waals surface area contributed by atoms with E-state index < -0.39 is 10.2 Å². The number of hydrogen-bond donors (Lipinski definition) is 0. The summed E-state index contributed by atoms with van der Waals surface area (Å²) in [5.74, 6) is 0. The predicted molar refractivity (Wildman–Crippen MR) is 90.2 cm³/mol. The molecule has 2 aliphatic heterocycles. The second kappa shape index (κ2) is 6.85. The van der Waals surface area contributed by atoms with Crippen LogP contribution < -0.4 is 18.6 Å². The minimum atomic E-state index is -4.94. The SMILES string of the molecule is [O-][Cl+3]([O-])([O-])[O-].c1ccc2c(c1)C[N+]1(Cc3ccccc3-2)CC12CCCCC2. The van der Waals surface area contributed by atoms with E-state index in [-0.39, 0.29) is 0 Å². The molecule has 0 unspecified atom stereocenters. The van der Waals surface area contributed by atoms with Crippen molar-refractivity contribution < 1.29 is 33.4 Å². The van der Waals surface area contributed by atoms with Crippen LogP contribution in [0.2, 0.25) is 0 Å². The lowest BCUT2D eigenvalue weighted by Crippen LogP contribution is -2.68. The highest BCUT2D eigenvalue weighted by Crippen LogP contribution is 2.56. The van der Waals surface area contributed by atoms with E-state index in [2.05, 4.69) is 48.5 Å². The highest BCUT2D eigenvalue weighted by Gasteiger charge is 2.68. The van der Waals surface area contributed by atoms with Crippen molar-refractivity contribution in [3.8, 4) is 11.1 Å². The van der Waals surface area contributed by atoms with E-state index in [1.807, 2.05) is 0 Å². The molecule has 1 aliphatic carbocycles. The van der Waals surface area contributed by atoms with Crippen LogP contribution in [0.1, 0.15) is 43.2 Å². The minimum absolute atomic E-state index is 0.614. The minimum Gasteiger partial charge on any atom is -0.301 e. The van der Waals surface area contributed by atoms with Crippen LogP contribution in [0.3, 0.4) is 0 Å². The van der Waals surface area contributed by atoms with Gasteiger partial charge in [-0.3, -0.25) is 0 Å². The van der Waals surface area contributed by atoms with E-state index in [1.54, 1.807) is 11.1 Å². The van der Waals surface area contributed by atoms with Gasteiger partial charge in [0.05, 0.1) is 0 Å². The highest BCUT2D eigenvalue weighted by molar-refractivity contribution is 5.71. The first-order chi connectivity index (χ1) is 12.8. The third-order valence-corrected chi connectivity index (χ3v) is 6.55. The first-order valence-corrected chi connectivity index (χ1v) is 10.7. The topological polar surface area (TPSA) is 92.2 Å². The van der Waals surface area contributed by atoms with E-state index in [0.717, 1.165) is 0 Å². The maximum atomic E-state index is 8.49. The highest BCUT2D eigenvalue weighted by atomic mass is 35.7. The van der Waals surface area contributed by atoms with Gasteiger partial charge in [0.1, 0.15) is 25.2 Å². The van der Waals surface area contributed by atoms with E-state index in [1.165, 1.54) is 67.3 Å². The summed E-state index contributed by atoms with van der Waals surface area (Å²) in [4.78, 5) is 0. The fraction of sp³-hybridized carbons (Fsp3) is 0.429. The van der Waals surface area contributed by atoms with Gasteiger partial charge >= 0.3 is 0 Å². The normalized spacial score (nSPS) is 21.5. The molecule has 0 atom stereocenters. The van der Waals surface area contributed by atoms with Crippen LogP contribution >= 0.6 is 0 Å². The fourth-order valence-electron chi connectivity index (χ4n) is 5.37. The third-order valence-electron chi connectivity index (χ3n) is 6.55. The van der Waals surface area contributed by atoms with Crippen molar-refractivity contribution in [1.82, 2.24) is 0 Å². The molecule has 1 saturated heterocycles. The predicted octanol–water partition coefficient (Wildman–Crippen LogP) is 0.145. The van der Waals surface area contributed by atoms with Crippen LogP contribution in [0, 0.1) is 10.2 Å². The summed E-state index contributed by atoms with van der Waals surface area (Å²) in [5.41, 5.74) is 6.70. The molecule has 3 aliphatic rings. The molecule has 1 saturated carbocycles. The van der Waals surface area contributed by atoms with Crippen LogP contribution in [0.25, 0.3) is 11.1 Å². The lowest BCUT2D eigenvalue weighted by atomic mass is 9.88. The molecule has 2 heterocycles. The van der Waals surface area contributed by atoms with Gasteiger partial charge in [-0.15, -0.1) is 10.2 Å². The number of hydrogen-bond acceptors (Lipinski definition) is 4. The standard InChI is InChI=1S/C21H24N.ClHO4/c1-6-12-21(13-7-1)16-22(21)14-17-8-2-4-10-19(17)20-11-5-3-9-18(20)15-22;2-1(3,4)5/h2-5,8-11H,1,6-7,12-16H2;(H,2,3,4,5)/q+1;/p-1. The Morgan fingerprint density at radius 2 is 1.15 bits per heavy atom. The number of benzene rings is 2. The Morgan fingerprint density at radius 3 is 1.63 bits per heavy atom. The molecule has 27 heavy (non-hydrogen) atoms. The second-order valence-electron chi connectivity index (χ2n) is 8.10. The first kappa shape index (κ1) is 18.9. The quantitative estimate of drug-likeness (QED) is 0.473. The van der Waals surface area contributed by atoms with E-state index in [0.29, 0.717) is 5.54 Å². The molecule has 0 amide bonds. The zero-order valence-electron chi connectivity index (χ0n) is 15.2. The van der Waals surface area contributed by atoms with Crippen LogP contribution in [0.15, 0.2) is 48.5 Å². The van der Waals surface area contributed by atoms with E-state index in [9.17, 15) is 0 Å². The summed E-state index contributed by atoms with van der Waals surface area (Å²) in [6, 6.07) is 18.2. The maximum Gasteiger partial charge on any atom is 0.149 e. The van der Waals surface area contributed by atoms with E-state index >= 15 is 0 Å². The smallest absolute Gasteiger partial charge is 0.149 e. The third kappa shape index (κ3) is 3.76. The first-order valence-electron chi connectivity index (χ1n) is 9.46. The summed E-state index contributed by atoms with van der Waals surface area (Å²) in [5, 5.41) is 0. The van der Waals surface area contributed by atoms with Crippen molar-refractivity contribution in [2.24, 2.45) is 0 Å². The number of fused-ring (bicyclic) bond motifs is 4. The van der Waals surface area contributed by atoms with Crippen molar-refractivity contribution in [2.45, 2.75) is 50.7 Å². The van der Waals surface area contributed by atoms with Gasteiger partial charge in [0.2, 0.25) is 0 Å². The van der Waals surface area contributed by atoms with Gasteiger partial charge in [-0.2, -0.15) is 0 Å². The van der Waals surface area contributed by atoms with Crippen LogP contribution in [-0.4, -0.2) is 16.6 Å². The van der Waals surface area contributed by atoms with Crippen LogP contribution in [0.4, 0.5) is 0 Å². The summed E-state index contributed by atoms with van der Waals surface area (Å²) in [6.07, 6.45) is 7.26. The Kier molecular flexibility index (Phi) is 4.79. The van der Waals surface area contributed by atoms with E-state index in [4.69, 9.17) is 18.6 Å². The van der Waals surface area contributed by atoms with Gasteiger partial charge in [-0.1, -0.05) is 55.0 Å². The number of rotatable bonds is 0. The maximum absolute atomic E-state index is 8.49. The van der Waals surface area contributed by atoms with Crippen LogP contribution in [0.5, 0.6) is 0 Å². The van der Waals surface area contributed by atoms with Crippen molar-refractivity contribution in [3.05, 3.63) is 59.7 Å². The number of halogens is 1. The molecule has 0 N–H and O–H groups in total. The molecule has 5 nitrogen and oxygen atoms in total. The number of quaternary nitrogens is 1. The lowest BCUT2D eigenvalue weighted by molar-refractivity contribution is -2.00. The average molecular weight is 390 g/mol. The molecular formula is C21H24ClNO4. The second-order valence-corrected chi connectivity index (χ2v) is 8.85. The molecular weight excluding hydrogens is 366 g/mol. The van der Waals surface area contributed by atoms with Gasteiger partial charge in [0.25, 0.3) is 0 Å². The van der Waals surface area contributed by atoms with Crippen molar-refractivity contribution in [2.75, 3.05) is 6.54 Å². The Balaban J connectivity index is 0.000000323. The van der Waals surface area contributed by atoms with Gasteiger partial charge in [0.15, 0.2) is 0 Å². The largest absolute Gasteiger partial charge is 0.301 e. The molecule has 0 aromatic heterocycles. The summed E-state index contributed by atoms with van der Waals surface area (Å²) >= 11 is 0. The Labute approximate surface area is 161 Å². The molecule has 6 heteroatoms. The zero-order chi connectivity index (χ0) is 19.1. The van der Waals surface area contributed by atoms with Gasteiger partial charge < -0.3 is 4.48 Å².